The molecule has 1 aliphatic rings. The van der Waals surface area contributed by atoms with E-state index in [9.17, 15) is 9.90 Å². The predicted molar refractivity (Wildman–Crippen MR) is 93.8 cm³/mol. The molecule has 1 heterocycles. The van der Waals surface area contributed by atoms with Gasteiger partial charge in [0.2, 0.25) is 0 Å². The lowest BCUT2D eigenvalue weighted by molar-refractivity contribution is -0.154. The summed E-state index contributed by atoms with van der Waals surface area (Å²) in [4.78, 5) is 15.9. The molecule has 0 saturated heterocycles. The molecular weight excluding hydrogens is 310 g/mol. The van der Waals surface area contributed by atoms with Crippen LogP contribution in [0.1, 0.15) is 56.7 Å². The van der Waals surface area contributed by atoms with Crippen molar-refractivity contribution < 1.29 is 14.6 Å². The van der Waals surface area contributed by atoms with Gasteiger partial charge in [0.15, 0.2) is 0 Å². The molecule has 1 aliphatic carbocycles. The van der Waals surface area contributed by atoms with E-state index >= 15 is 0 Å². The topological polar surface area (TPSA) is 49.8 Å². The Morgan fingerprint density at radius 2 is 2.04 bits per heavy atom. The van der Waals surface area contributed by atoms with Crippen LogP contribution in [0.3, 0.4) is 0 Å². The van der Waals surface area contributed by atoms with Crippen molar-refractivity contribution in [2.75, 3.05) is 26.2 Å². The number of ether oxygens (including phenoxy) is 1. The van der Waals surface area contributed by atoms with Crippen LogP contribution in [0.4, 0.5) is 0 Å². The largest absolute Gasteiger partial charge is 0.464 e. The van der Waals surface area contributed by atoms with Gasteiger partial charge in [0, 0.05) is 11.4 Å². The smallest absolute Gasteiger partial charge is 0.317 e. The maximum absolute atomic E-state index is 12.7. The number of rotatable bonds is 8. The van der Waals surface area contributed by atoms with Gasteiger partial charge < -0.3 is 14.7 Å². The first-order chi connectivity index (χ1) is 11.1. The summed E-state index contributed by atoms with van der Waals surface area (Å²) in [5.41, 5.74) is -0.949. The fraction of sp³-hybridized carbons (Fsp3) is 0.722. The molecule has 1 aromatic heterocycles. The van der Waals surface area contributed by atoms with Gasteiger partial charge >= 0.3 is 5.97 Å². The van der Waals surface area contributed by atoms with Crippen LogP contribution in [-0.2, 0) is 9.53 Å². The number of aliphatic hydroxyl groups is 1. The summed E-state index contributed by atoms with van der Waals surface area (Å²) in [5, 5.41) is 13.0. The molecule has 1 fully saturated rings. The minimum Gasteiger partial charge on any atom is -0.464 e. The highest BCUT2D eigenvalue weighted by molar-refractivity contribution is 7.10. The van der Waals surface area contributed by atoms with Crippen LogP contribution < -0.4 is 0 Å². The number of likely N-dealkylation sites (N-methyl/N-ethyl adjacent to an activating group) is 1. The minimum absolute atomic E-state index is 0.274. The molecule has 1 atom stereocenters. The third kappa shape index (κ3) is 4.78. The SMILES string of the molecule is CCN(CC)CCOC(=O)C(c1cccs1)C1(O)CCCCC1. The first kappa shape index (κ1) is 18.4. The number of hydrogen-bond donors (Lipinski definition) is 1. The second-order valence-corrected chi connectivity index (χ2v) is 7.29. The first-order valence-electron chi connectivity index (χ1n) is 8.75. The van der Waals surface area contributed by atoms with E-state index in [1.165, 1.54) is 11.3 Å². The van der Waals surface area contributed by atoms with E-state index in [1.807, 2.05) is 17.5 Å². The second-order valence-electron chi connectivity index (χ2n) is 6.31. The Labute approximate surface area is 143 Å². The van der Waals surface area contributed by atoms with E-state index in [0.29, 0.717) is 19.4 Å². The molecule has 0 amide bonds. The fourth-order valence-corrected chi connectivity index (χ4v) is 4.33. The van der Waals surface area contributed by atoms with Crippen LogP contribution in [0.5, 0.6) is 0 Å². The maximum Gasteiger partial charge on any atom is 0.317 e. The third-order valence-electron chi connectivity index (χ3n) is 4.87. The monoisotopic (exact) mass is 339 g/mol. The van der Waals surface area contributed by atoms with Crippen molar-refractivity contribution >= 4 is 17.3 Å². The molecule has 0 bridgehead atoms. The van der Waals surface area contributed by atoms with E-state index in [-0.39, 0.29) is 5.97 Å². The number of esters is 1. The van der Waals surface area contributed by atoms with Crippen molar-refractivity contribution in [1.82, 2.24) is 4.90 Å². The molecule has 23 heavy (non-hydrogen) atoms. The van der Waals surface area contributed by atoms with E-state index in [0.717, 1.165) is 43.8 Å². The Kier molecular flexibility index (Phi) is 7.06. The lowest BCUT2D eigenvalue weighted by Crippen LogP contribution is -2.43. The zero-order chi connectivity index (χ0) is 16.7. The van der Waals surface area contributed by atoms with Crippen LogP contribution in [-0.4, -0.2) is 47.8 Å². The molecule has 0 aromatic carbocycles. The van der Waals surface area contributed by atoms with Crippen LogP contribution in [0, 0.1) is 0 Å². The van der Waals surface area contributed by atoms with E-state index in [4.69, 9.17) is 4.74 Å². The minimum atomic E-state index is -0.949. The molecule has 2 rings (SSSR count). The van der Waals surface area contributed by atoms with Crippen molar-refractivity contribution in [2.45, 2.75) is 57.5 Å². The molecule has 0 radical (unpaired) electrons. The zero-order valence-corrected chi connectivity index (χ0v) is 15.1. The Hall–Kier alpha value is -0.910. The summed E-state index contributed by atoms with van der Waals surface area (Å²) in [6.07, 6.45) is 4.45. The molecule has 4 nitrogen and oxygen atoms in total. The fourth-order valence-electron chi connectivity index (χ4n) is 3.41. The summed E-state index contributed by atoms with van der Waals surface area (Å²) >= 11 is 1.53. The van der Waals surface area contributed by atoms with Crippen LogP contribution in [0.15, 0.2) is 17.5 Å². The Morgan fingerprint density at radius 3 is 2.61 bits per heavy atom. The zero-order valence-electron chi connectivity index (χ0n) is 14.3. The molecule has 0 aliphatic heterocycles. The highest BCUT2D eigenvalue weighted by Crippen LogP contribution is 2.42. The molecule has 130 valence electrons. The summed E-state index contributed by atoms with van der Waals surface area (Å²) in [7, 11) is 0. The summed E-state index contributed by atoms with van der Waals surface area (Å²) in [5.74, 6) is -0.816. The standard InChI is InChI=1S/C18H29NO3S/c1-3-19(4-2)12-13-22-17(20)16(15-9-8-14-23-15)18(21)10-6-5-7-11-18/h8-9,14,16,21H,3-7,10-13H2,1-2H3. The van der Waals surface area contributed by atoms with Gasteiger partial charge in [-0.2, -0.15) is 0 Å². The number of hydrogen-bond acceptors (Lipinski definition) is 5. The Morgan fingerprint density at radius 1 is 1.35 bits per heavy atom. The Bertz CT molecular complexity index is 465. The number of carbonyl (C=O) groups is 1. The second kappa shape index (κ2) is 8.81. The van der Waals surface area contributed by atoms with Gasteiger partial charge in [0.25, 0.3) is 0 Å². The van der Waals surface area contributed by atoms with Crippen molar-refractivity contribution in [3.8, 4) is 0 Å². The maximum atomic E-state index is 12.7. The average Bonchev–Trinajstić information content (AvgIpc) is 3.06. The van der Waals surface area contributed by atoms with E-state index in [2.05, 4.69) is 18.7 Å². The van der Waals surface area contributed by atoms with Crippen molar-refractivity contribution in [2.24, 2.45) is 0 Å². The first-order valence-corrected chi connectivity index (χ1v) is 9.63. The molecule has 1 aromatic rings. The number of thiophene rings is 1. The Balaban J connectivity index is 2.04. The van der Waals surface area contributed by atoms with Gasteiger partial charge in [-0.1, -0.05) is 39.2 Å². The summed E-state index contributed by atoms with van der Waals surface area (Å²) in [6.45, 7) is 7.24. The van der Waals surface area contributed by atoms with Gasteiger partial charge in [0.1, 0.15) is 12.5 Å². The highest BCUT2D eigenvalue weighted by atomic mass is 32.1. The summed E-state index contributed by atoms with van der Waals surface area (Å²) in [6, 6.07) is 3.87. The molecule has 1 saturated carbocycles. The molecule has 1 N–H and O–H groups in total. The van der Waals surface area contributed by atoms with Gasteiger partial charge in [-0.05, 0) is 37.4 Å². The molecule has 5 heteroatoms. The van der Waals surface area contributed by atoms with Crippen molar-refractivity contribution in [3.05, 3.63) is 22.4 Å². The lowest BCUT2D eigenvalue weighted by Gasteiger charge is -2.37. The van der Waals surface area contributed by atoms with Crippen molar-refractivity contribution in [1.29, 1.82) is 0 Å². The lowest BCUT2D eigenvalue weighted by atomic mass is 9.75. The van der Waals surface area contributed by atoms with Crippen LogP contribution >= 0.6 is 11.3 Å². The van der Waals surface area contributed by atoms with Gasteiger partial charge in [-0.15, -0.1) is 11.3 Å². The van der Waals surface area contributed by atoms with Gasteiger partial charge in [0.05, 0.1) is 5.60 Å². The quantitative estimate of drug-likeness (QED) is 0.738. The normalized spacial score (nSPS) is 18.8. The molecular formula is C18H29NO3S. The molecule has 1 unspecified atom stereocenters. The van der Waals surface area contributed by atoms with Gasteiger partial charge in [-0.25, -0.2) is 0 Å². The highest BCUT2D eigenvalue weighted by Gasteiger charge is 2.44. The molecule has 0 spiro atoms. The average molecular weight is 340 g/mol. The van der Waals surface area contributed by atoms with Crippen LogP contribution in [0.25, 0.3) is 0 Å². The predicted octanol–water partition coefficient (Wildman–Crippen LogP) is 3.41. The number of carbonyl (C=O) groups excluding carboxylic acids is 1. The van der Waals surface area contributed by atoms with E-state index in [1.54, 1.807) is 0 Å². The third-order valence-corrected chi connectivity index (χ3v) is 5.80. The van der Waals surface area contributed by atoms with Crippen LogP contribution in [0.2, 0.25) is 0 Å². The summed E-state index contributed by atoms with van der Waals surface area (Å²) < 4.78 is 5.55. The van der Waals surface area contributed by atoms with E-state index < -0.39 is 11.5 Å². The van der Waals surface area contributed by atoms with Gasteiger partial charge in [-0.3, -0.25) is 4.79 Å². The number of nitrogens with zero attached hydrogens (tertiary/aromatic N) is 1. The van der Waals surface area contributed by atoms with Crippen molar-refractivity contribution in [3.63, 3.8) is 0 Å².